The number of hydrogen-bond acceptors (Lipinski definition) is 3. The monoisotopic (exact) mass is 476 g/mol. The van der Waals surface area contributed by atoms with E-state index in [0.29, 0.717) is 23.1 Å². The van der Waals surface area contributed by atoms with Gasteiger partial charge in [-0.2, -0.15) is 0 Å². The number of halogens is 1. The lowest BCUT2D eigenvalue weighted by Gasteiger charge is -2.32. The van der Waals surface area contributed by atoms with Crippen LogP contribution >= 0.6 is 11.6 Å². The molecule has 178 valence electrons. The molecular formula is C29H33ClN2O2. The molecule has 4 nitrogen and oxygen atoms in total. The van der Waals surface area contributed by atoms with E-state index in [1.54, 1.807) is 12.1 Å². The molecule has 34 heavy (non-hydrogen) atoms. The molecule has 0 radical (unpaired) electrons. The molecular weight excluding hydrogens is 444 g/mol. The lowest BCUT2D eigenvalue weighted by molar-refractivity contribution is 0.0633. The Labute approximate surface area is 208 Å². The number of ether oxygens (including phenoxy) is 1. The van der Waals surface area contributed by atoms with Gasteiger partial charge in [-0.25, -0.2) is 0 Å². The number of likely N-dealkylation sites (N-methyl/N-ethyl adjacent to an activating group) is 1. The number of benzene rings is 3. The first-order valence-corrected chi connectivity index (χ1v) is 12.4. The summed E-state index contributed by atoms with van der Waals surface area (Å²) in [6.45, 7) is 4.06. The number of carbonyl (C=O) groups is 1. The molecule has 0 bridgehead atoms. The van der Waals surface area contributed by atoms with Crippen molar-refractivity contribution in [2.45, 2.75) is 25.8 Å². The Bertz CT molecular complexity index is 1060. The van der Waals surface area contributed by atoms with Gasteiger partial charge < -0.3 is 14.5 Å². The molecule has 0 saturated carbocycles. The molecule has 4 rings (SSSR count). The molecule has 1 saturated heterocycles. The first-order chi connectivity index (χ1) is 16.6. The molecule has 1 aliphatic heterocycles. The molecule has 1 heterocycles. The fourth-order valence-corrected chi connectivity index (χ4v) is 4.64. The Kier molecular flexibility index (Phi) is 8.62. The highest BCUT2D eigenvalue weighted by atomic mass is 35.5. The summed E-state index contributed by atoms with van der Waals surface area (Å²) < 4.78 is 6.09. The summed E-state index contributed by atoms with van der Waals surface area (Å²) in [5.41, 5.74) is 3.30. The third-order valence-electron chi connectivity index (χ3n) is 6.36. The Morgan fingerprint density at radius 1 is 1.03 bits per heavy atom. The van der Waals surface area contributed by atoms with Crippen molar-refractivity contribution in [3.8, 4) is 5.75 Å². The van der Waals surface area contributed by atoms with E-state index in [1.807, 2.05) is 17.0 Å². The Balaban J connectivity index is 1.22. The standard InChI is InChI=1S/C29H33ClN2O2/c1-31(18-16-23-7-3-2-4-8-23)20-24-12-14-28(15-13-24)34-22-25-9-6-17-32(21-25)29(33)26-10-5-11-27(30)19-26/h2-5,7-8,10-15,19,25H,6,9,16-18,20-22H2,1H3/t25-/m0/s1. The predicted molar refractivity (Wildman–Crippen MR) is 138 cm³/mol. The van der Waals surface area contributed by atoms with Gasteiger partial charge in [0, 0.05) is 42.7 Å². The van der Waals surface area contributed by atoms with Crippen LogP contribution in [0.3, 0.4) is 0 Å². The molecule has 3 aromatic carbocycles. The minimum absolute atomic E-state index is 0.0490. The molecule has 0 N–H and O–H groups in total. The van der Waals surface area contributed by atoms with Crippen LogP contribution in [-0.2, 0) is 13.0 Å². The van der Waals surface area contributed by atoms with Gasteiger partial charge in [-0.1, -0.05) is 60.1 Å². The van der Waals surface area contributed by atoms with Gasteiger partial charge in [-0.05, 0) is 67.8 Å². The summed E-state index contributed by atoms with van der Waals surface area (Å²) in [4.78, 5) is 17.1. The van der Waals surface area contributed by atoms with Crippen molar-refractivity contribution in [2.24, 2.45) is 5.92 Å². The second-order valence-corrected chi connectivity index (χ2v) is 9.63. The molecule has 1 amide bonds. The lowest BCUT2D eigenvalue weighted by atomic mass is 9.98. The second-order valence-electron chi connectivity index (χ2n) is 9.20. The quantitative estimate of drug-likeness (QED) is 0.383. The zero-order valence-electron chi connectivity index (χ0n) is 19.8. The van der Waals surface area contributed by atoms with E-state index in [9.17, 15) is 4.79 Å². The highest BCUT2D eigenvalue weighted by Crippen LogP contribution is 2.22. The van der Waals surface area contributed by atoms with Crippen molar-refractivity contribution in [1.82, 2.24) is 9.80 Å². The van der Waals surface area contributed by atoms with Crippen LogP contribution in [0.1, 0.15) is 34.3 Å². The number of nitrogens with zero attached hydrogens (tertiary/aromatic N) is 2. The van der Waals surface area contributed by atoms with Gasteiger partial charge in [0.15, 0.2) is 0 Å². The molecule has 1 aliphatic rings. The minimum atomic E-state index is 0.0490. The largest absolute Gasteiger partial charge is 0.493 e. The summed E-state index contributed by atoms with van der Waals surface area (Å²) >= 11 is 6.06. The molecule has 0 unspecified atom stereocenters. The van der Waals surface area contributed by atoms with Crippen molar-refractivity contribution in [1.29, 1.82) is 0 Å². The van der Waals surface area contributed by atoms with Crippen LogP contribution in [0.2, 0.25) is 5.02 Å². The first kappa shape index (κ1) is 24.3. The van der Waals surface area contributed by atoms with Crippen molar-refractivity contribution in [3.63, 3.8) is 0 Å². The van der Waals surface area contributed by atoms with Gasteiger partial charge in [-0.15, -0.1) is 0 Å². The van der Waals surface area contributed by atoms with E-state index in [1.165, 1.54) is 11.1 Å². The molecule has 0 aromatic heterocycles. The van der Waals surface area contributed by atoms with E-state index in [4.69, 9.17) is 16.3 Å². The first-order valence-electron chi connectivity index (χ1n) is 12.1. The van der Waals surface area contributed by atoms with Crippen molar-refractivity contribution >= 4 is 17.5 Å². The maximum Gasteiger partial charge on any atom is 0.253 e. The second kappa shape index (κ2) is 12.0. The van der Waals surface area contributed by atoms with E-state index in [0.717, 1.165) is 51.2 Å². The van der Waals surface area contributed by atoms with Gasteiger partial charge in [-0.3, -0.25) is 4.79 Å². The van der Waals surface area contributed by atoms with Crippen LogP contribution < -0.4 is 4.74 Å². The van der Waals surface area contributed by atoms with E-state index in [2.05, 4.69) is 66.5 Å². The topological polar surface area (TPSA) is 32.8 Å². The van der Waals surface area contributed by atoms with Gasteiger partial charge in [0.05, 0.1) is 6.61 Å². The van der Waals surface area contributed by atoms with Crippen molar-refractivity contribution < 1.29 is 9.53 Å². The van der Waals surface area contributed by atoms with Crippen LogP contribution in [0.4, 0.5) is 0 Å². The van der Waals surface area contributed by atoms with Crippen molar-refractivity contribution in [2.75, 3.05) is 33.3 Å². The SMILES string of the molecule is CN(CCc1ccccc1)Cc1ccc(OC[C@H]2CCCN(C(=O)c3cccc(Cl)c3)C2)cc1. The highest BCUT2D eigenvalue weighted by molar-refractivity contribution is 6.30. The third kappa shape index (κ3) is 7.09. The van der Waals surface area contributed by atoms with Gasteiger partial charge in [0.1, 0.15) is 5.75 Å². The Hall–Kier alpha value is -2.82. The Morgan fingerprint density at radius 3 is 2.59 bits per heavy atom. The van der Waals surface area contributed by atoms with Gasteiger partial charge in [0.2, 0.25) is 0 Å². The molecule has 5 heteroatoms. The molecule has 3 aromatic rings. The molecule has 0 aliphatic carbocycles. The van der Waals surface area contributed by atoms with Gasteiger partial charge in [0.25, 0.3) is 5.91 Å². The number of likely N-dealkylation sites (tertiary alicyclic amines) is 1. The number of amides is 1. The van der Waals surface area contributed by atoms with Crippen LogP contribution in [0.15, 0.2) is 78.9 Å². The zero-order valence-corrected chi connectivity index (χ0v) is 20.6. The zero-order chi connectivity index (χ0) is 23.8. The molecule has 0 spiro atoms. The summed E-state index contributed by atoms with van der Waals surface area (Å²) in [7, 11) is 2.16. The number of piperidine rings is 1. The van der Waals surface area contributed by atoms with E-state index >= 15 is 0 Å². The molecule has 1 atom stereocenters. The third-order valence-corrected chi connectivity index (χ3v) is 6.60. The average molecular weight is 477 g/mol. The van der Waals surface area contributed by atoms with E-state index < -0.39 is 0 Å². The summed E-state index contributed by atoms with van der Waals surface area (Å²) in [6.07, 6.45) is 3.12. The Morgan fingerprint density at radius 2 is 1.82 bits per heavy atom. The summed E-state index contributed by atoms with van der Waals surface area (Å²) in [5, 5.41) is 0.591. The van der Waals surface area contributed by atoms with Gasteiger partial charge >= 0.3 is 0 Å². The van der Waals surface area contributed by atoms with E-state index in [-0.39, 0.29) is 5.91 Å². The van der Waals surface area contributed by atoms with Crippen LogP contribution in [-0.4, -0.2) is 49.0 Å². The van der Waals surface area contributed by atoms with Crippen LogP contribution in [0.25, 0.3) is 0 Å². The summed E-state index contributed by atoms with van der Waals surface area (Å²) in [5.74, 6) is 1.27. The van der Waals surface area contributed by atoms with Crippen LogP contribution in [0, 0.1) is 5.92 Å². The maximum atomic E-state index is 12.8. The molecule has 1 fully saturated rings. The van der Waals surface area contributed by atoms with Crippen LogP contribution in [0.5, 0.6) is 5.75 Å². The highest BCUT2D eigenvalue weighted by Gasteiger charge is 2.25. The maximum absolute atomic E-state index is 12.8. The number of hydrogen-bond donors (Lipinski definition) is 0. The lowest BCUT2D eigenvalue weighted by Crippen LogP contribution is -2.41. The normalized spacial score (nSPS) is 16.0. The fourth-order valence-electron chi connectivity index (χ4n) is 4.45. The number of rotatable bonds is 9. The smallest absolute Gasteiger partial charge is 0.253 e. The average Bonchev–Trinajstić information content (AvgIpc) is 2.87. The minimum Gasteiger partial charge on any atom is -0.493 e. The predicted octanol–water partition coefficient (Wildman–Crippen LogP) is 5.95. The fraction of sp³-hybridized carbons (Fsp3) is 0.345. The van der Waals surface area contributed by atoms with Crippen molar-refractivity contribution in [3.05, 3.63) is 101 Å². The number of carbonyl (C=O) groups excluding carboxylic acids is 1. The summed E-state index contributed by atoms with van der Waals surface area (Å²) in [6, 6.07) is 26.2.